The third kappa shape index (κ3) is 2.38. The first-order valence-electron chi connectivity index (χ1n) is 6.34. The van der Waals surface area contributed by atoms with Crippen molar-refractivity contribution in [1.29, 1.82) is 0 Å². The van der Waals surface area contributed by atoms with Crippen molar-refractivity contribution in [3.63, 3.8) is 0 Å². The van der Waals surface area contributed by atoms with Gasteiger partial charge in [-0.05, 0) is 32.1 Å². The summed E-state index contributed by atoms with van der Waals surface area (Å²) >= 11 is 0. The van der Waals surface area contributed by atoms with Crippen LogP contribution in [-0.2, 0) is 4.79 Å². The molecule has 2 unspecified atom stereocenters. The van der Waals surface area contributed by atoms with Crippen LogP contribution >= 0.6 is 0 Å². The molecule has 2 aliphatic rings. The van der Waals surface area contributed by atoms with Gasteiger partial charge in [0, 0.05) is 12.0 Å². The molecule has 0 radical (unpaired) electrons. The first-order chi connectivity index (χ1) is 7.65. The Labute approximate surface area is 96.6 Å². The van der Waals surface area contributed by atoms with Gasteiger partial charge in [-0.3, -0.25) is 4.79 Å². The van der Waals surface area contributed by atoms with Crippen LogP contribution in [0.3, 0.4) is 0 Å². The molecule has 2 saturated carbocycles. The van der Waals surface area contributed by atoms with E-state index in [9.17, 15) is 9.90 Å². The Hall–Kier alpha value is -0.610. The van der Waals surface area contributed by atoms with Crippen molar-refractivity contribution in [2.45, 2.75) is 56.5 Å². The van der Waals surface area contributed by atoms with Crippen molar-refractivity contribution < 1.29 is 9.90 Å². The predicted octanol–water partition coefficient (Wildman–Crippen LogP) is 0.535. The van der Waals surface area contributed by atoms with Crippen molar-refractivity contribution in [2.24, 2.45) is 11.7 Å². The molecule has 0 aromatic carbocycles. The second-order valence-electron chi connectivity index (χ2n) is 5.40. The molecule has 0 aromatic rings. The second-order valence-corrected chi connectivity index (χ2v) is 5.40. The van der Waals surface area contributed by atoms with Crippen LogP contribution in [0, 0.1) is 5.92 Å². The highest BCUT2D eigenvalue weighted by Crippen LogP contribution is 2.31. The number of aliphatic hydroxyl groups is 1. The number of carbonyl (C=O) groups is 1. The normalized spacial score (nSPS) is 32.9. The van der Waals surface area contributed by atoms with Gasteiger partial charge < -0.3 is 16.2 Å². The lowest BCUT2D eigenvalue weighted by Gasteiger charge is -2.29. The number of rotatable bonds is 3. The third-order valence-electron chi connectivity index (χ3n) is 4.10. The maximum absolute atomic E-state index is 12.0. The topological polar surface area (TPSA) is 75.4 Å². The van der Waals surface area contributed by atoms with Crippen LogP contribution in [0.5, 0.6) is 0 Å². The van der Waals surface area contributed by atoms with E-state index in [0.717, 1.165) is 44.9 Å². The Morgan fingerprint density at radius 2 is 2.06 bits per heavy atom. The minimum Gasteiger partial charge on any atom is -0.394 e. The van der Waals surface area contributed by atoms with E-state index in [0.29, 0.717) is 0 Å². The average Bonchev–Trinajstić information content (AvgIpc) is 2.88. The van der Waals surface area contributed by atoms with Gasteiger partial charge in [0.2, 0.25) is 5.91 Å². The summed E-state index contributed by atoms with van der Waals surface area (Å²) < 4.78 is 0. The molecule has 0 aliphatic heterocycles. The standard InChI is InChI=1S/C12H22N2O2/c13-10-4-3-9(7-10)11(16)14-12(8-15)5-1-2-6-12/h9-10,15H,1-8,13H2,(H,14,16). The van der Waals surface area contributed by atoms with Crippen LogP contribution in [-0.4, -0.2) is 29.2 Å². The monoisotopic (exact) mass is 226 g/mol. The van der Waals surface area contributed by atoms with Gasteiger partial charge in [0.05, 0.1) is 12.1 Å². The Morgan fingerprint density at radius 1 is 1.38 bits per heavy atom. The summed E-state index contributed by atoms with van der Waals surface area (Å²) in [4.78, 5) is 12.0. The maximum Gasteiger partial charge on any atom is 0.223 e. The molecule has 4 nitrogen and oxygen atoms in total. The lowest BCUT2D eigenvalue weighted by Crippen LogP contribution is -2.51. The van der Waals surface area contributed by atoms with Gasteiger partial charge in [-0.15, -0.1) is 0 Å². The van der Waals surface area contributed by atoms with Crippen LogP contribution in [0.2, 0.25) is 0 Å². The molecular formula is C12H22N2O2. The molecule has 0 heterocycles. The molecular weight excluding hydrogens is 204 g/mol. The zero-order chi connectivity index (χ0) is 11.6. The number of nitrogens with one attached hydrogen (secondary N) is 1. The molecule has 2 aliphatic carbocycles. The van der Waals surface area contributed by atoms with Gasteiger partial charge in [-0.25, -0.2) is 0 Å². The molecule has 2 rings (SSSR count). The van der Waals surface area contributed by atoms with Gasteiger partial charge in [-0.2, -0.15) is 0 Å². The van der Waals surface area contributed by atoms with E-state index in [-0.39, 0.29) is 30.0 Å². The highest BCUT2D eigenvalue weighted by atomic mass is 16.3. The number of hydrogen-bond acceptors (Lipinski definition) is 3. The number of amides is 1. The summed E-state index contributed by atoms with van der Waals surface area (Å²) in [5.74, 6) is 0.169. The molecule has 0 saturated heterocycles. The summed E-state index contributed by atoms with van der Waals surface area (Å²) in [6, 6.07) is 0.185. The fourth-order valence-electron chi connectivity index (χ4n) is 2.99. The zero-order valence-electron chi connectivity index (χ0n) is 9.74. The second kappa shape index (κ2) is 4.72. The summed E-state index contributed by atoms with van der Waals surface area (Å²) in [6.07, 6.45) is 6.67. The predicted molar refractivity (Wildman–Crippen MR) is 61.7 cm³/mol. The number of aliphatic hydroxyl groups excluding tert-OH is 1. The minimum atomic E-state index is -0.330. The van der Waals surface area contributed by atoms with Gasteiger partial charge in [0.1, 0.15) is 0 Å². The zero-order valence-corrected chi connectivity index (χ0v) is 9.74. The van der Waals surface area contributed by atoms with Crippen LogP contribution in [0.25, 0.3) is 0 Å². The molecule has 1 amide bonds. The van der Waals surface area contributed by atoms with E-state index in [2.05, 4.69) is 5.32 Å². The lowest BCUT2D eigenvalue weighted by atomic mass is 9.96. The molecule has 4 N–H and O–H groups in total. The first-order valence-corrected chi connectivity index (χ1v) is 6.34. The molecule has 2 fully saturated rings. The molecule has 0 spiro atoms. The van der Waals surface area contributed by atoms with E-state index in [1.54, 1.807) is 0 Å². The number of carbonyl (C=O) groups excluding carboxylic acids is 1. The van der Waals surface area contributed by atoms with E-state index in [1.807, 2.05) is 0 Å². The molecule has 0 bridgehead atoms. The minimum absolute atomic E-state index is 0.0670. The highest BCUT2D eigenvalue weighted by Gasteiger charge is 2.37. The number of hydrogen-bond donors (Lipinski definition) is 3. The van der Waals surface area contributed by atoms with Gasteiger partial charge in [0.15, 0.2) is 0 Å². The van der Waals surface area contributed by atoms with Crippen molar-refractivity contribution in [1.82, 2.24) is 5.32 Å². The van der Waals surface area contributed by atoms with Crippen molar-refractivity contribution in [3.05, 3.63) is 0 Å². The van der Waals surface area contributed by atoms with E-state index < -0.39 is 0 Å². The first kappa shape index (κ1) is 11.9. The average molecular weight is 226 g/mol. The van der Waals surface area contributed by atoms with Crippen LogP contribution in [0.15, 0.2) is 0 Å². The van der Waals surface area contributed by atoms with E-state index >= 15 is 0 Å². The highest BCUT2D eigenvalue weighted by molar-refractivity contribution is 5.79. The molecule has 16 heavy (non-hydrogen) atoms. The maximum atomic E-state index is 12.0. The SMILES string of the molecule is NC1CCC(C(=O)NC2(CO)CCCC2)C1. The summed E-state index contributed by atoms with van der Waals surface area (Å²) in [5, 5.41) is 12.5. The Bertz CT molecular complexity index is 262. The quantitative estimate of drug-likeness (QED) is 0.657. The van der Waals surface area contributed by atoms with Crippen LogP contribution in [0.4, 0.5) is 0 Å². The lowest BCUT2D eigenvalue weighted by molar-refractivity contribution is -0.127. The van der Waals surface area contributed by atoms with Gasteiger partial charge in [-0.1, -0.05) is 12.8 Å². The van der Waals surface area contributed by atoms with Crippen molar-refractivity contribution >= 4 is 5.91 Å². The smallest absolute Gasteiger partial charge is 0.223 e. The fraction of sp³-hybridized carbons (Fsp3) is 0.917. The Kier molecular flexibility index (Phi) is 3.50. The van der Waals surface area contributed by atoms with Gasteiger partial charge >= 0.3 is 0 Å². The Balaban J connectivity index is 1.90. The molecule has 0 aromatic heterocycles. The summed E-state index contributed by atoms with van der Waals surface area (Å²) in [5.41, 5.74) is 5.48. The van der Waals surface area contributed by atoms with Crippen molar-refractivity contribution in [3.8, 4) is 0 Å². The van der Waals surface area contributed by atoms with Crippen LogP contribution < -0.4 is 11.1 Å². The number of nitrogens with two attached hydrogens (primary N) is 1. The summed E-state index contributed by atoms with van der Waals surface area (Å²) in [6.45, 7) is 0.0670. The van der Waals surface area contributed by atoms with E-state index in [4.69, 9.17) is 5.73 Å². The van der Waals surface area contributed by atoms with Crippen LogP contribution in [0.1, 0.15) is 44.9 Å². The van der Waals surface area contributed by atoms with E-state index in [1.165, 1.54) is 0 Å². The van der Waals surface area contributed by atoms with Crippen molar-refractivity contribution in [2.75, 3.05) is 6.61 Å². The fourth-order valence-corrected chi connectivity index (χ4v) is 2.99. The Morgan fingerprint density at radius 3 is 2.56 bits per heavy atom. The third-order valence-corrected chi connectivity index (χ3v) is 4.10. The molecule has 2 atom stereocenters. The largest absolute Gasteiger partial charge is 0.394 e. The van der Waals surface area contributed by atoms with Gasteiger partial charge in [0.25, 0.3) is 0 Å². The molecule has 92 valence electrons. The molecule has 4 heteroatoms. The summed E-state index contributed by atoms with van der Waals surface area (Å²) in [7, 11) is 0.